The summed E-state index contributed by atoms with van der Waals surface area (Å²) in [6, 6.07) is 5.76. The minimum atomic E-state index is 0.0423. The van der Waals surface area contributed by atoms with Gasteiger partial charge in [0.25, 0.3) is 5.91 Å². The summed E-state index contributed by atoms with van der Waals surface area (Å²) in [7, 11) is 3.69. The van der Waals surface area contributed by atoms with E-state index < -0.39 is 0 Å². The second-order valence-electron chi connectivity index (χ2n) is 3.45. The maximum absolute atomic E-state index is 12.1. The highest BCUT2D eigenvalue weighted by atomic mass is 127. The highest BCUT2D eigenvalue weighted by Crippen LogP contribution is 2.20. The van der Waals surface area contributed by atoms with Crippen LogP contribution in [0, 0.1) is 3.57 Å². The lowest BCUT2D eigenvalue weighted by Gasteiger charge is -2.17. The molecule has 1 aromatic carbocycles. The van der Waals surface area contributed by atoms with Crippen LogP contribution in [0.15, 0.2) is 22.7 Å². The van der Waals surface area contributed by atoms with Crippen LogP contribution in [0.5, 0.6) is 0 Å². The van der Waals surface area contributed by atoms with Crippen molar-refractivity contribution in [2.45, 2.75) is 0 Å². The van der Waals surface area contributed by atoms with Crippen molar-refractivity contribution in [1.82, 2.24) is 10.2 Å². The summed E-state index contributed by atoms with van der Waals surface area (Å²) >= 11 is 5.60. The Hall–Kier alpha value is -0.140. The molecule has 0 aromatic heterocycles. The first kappa shape index (κ1) is 13.9. The molecule has 0 heterocycles. The van der Waals surface area contributed by atoms with Crippen LogP contribution in [0.3, 0.4) is 0 Å². The molecule has 0 fully saturated rings. The number of carbonyl (C=O) groups is 1. The van der Waals surface area contributed by atoms with E-state index in [0.29, 0.717) is 12.1 Å². The van der Waals surface area contributed by atoms with E-state index in [1.807, 2.05) is 32.3 Å². The predicted octanol–water partition coefficient (Wildman–Crippen LogP) is 2.35. The number of likely N-dealkylation sites (N-methyl/N-ethyl adjacent to an activating group) is 2. The molecule has 0 atom stereocenters. The Morgan fingerprint density at radius 1 is 1.56 bits per heavy atom. The maximum atomic E-state index is 12.1. The van der Waals surface area contributed by atoms with Crippen LogP contribution in [0.25, 0.3) is 0 Å². The molecule has 0 aliphatic rings. The summed E-state index contributed by atoms with van der Waals surface area (Å²) in [5.41, 5.74) is 0.713. The topological polar surface area (TPSA) is 32.3 Å². The molecule has 5 heteroatoms. The Morgan fingerprint density at radius 3 is 2.88 bits per heavy atom. The van der Waals surface area contributed by atoms with E-state index in [0.717, 1.165) is 14.6 Å². The Kier molecular flexibility index (Phi) is 5.71. The molecule has 1 amide bonds. The first-order chi connectivity index (χ1) is 7.56. The van der Waals surface area contributed by atoms with Crippen molar-refractivity contribution in [3.8, 4) is 0 Å². The number of hydrogen-bond donors (Lipinski definition) is 1. The predicted molar refractivity (Wildman–Crippen MR) is 77.7 cm³/mol. The van der Waals surface area contributed by atoms with E-state index in [1.165, 1.54) is 0 Å². The minimum Gasteiger partial charge on any atom is -0.340 e. The third-order valence-corrected chi connectivity index (χ3v) is 3.57. The van der Waals surface area contributed by atoms with Gasteiger partial charge in [0.15, 0.2) is 0 Å². The SMILES string of the molecule is CNCCN(C)C(=O)c1cc(I)ccc1Br. The standard InChI is InChI=1S/C11H14BrIN2O/c1-14-5-6-15(2)11(16)9-7-8(13)3-4-10(9)12/h3-4,7,14H,5-6H2,1-2H3. The number of hydrogen-bond acceptors (Lipinski definition) is 2. The fourth-order valence-corrected chi connectivity index (χ4v) is 2.16. The lowest BCUT2D eigenvalue weighted by atomic mass is 10.2. The summed E-state index contributed by atoms with van der Waals surface area (Å²) in [6.07, 6.45) is 0. The quantitative estimate of drug-likeness (QED) is 0.792. The van der Waals surface area contributed by atoms with Crippen molar-refractivity contribution in [2.75, 3.05) is 27.2 Å². The van der Waals surface area contributed by atoms with Gasteiger partial charge in [0.2, 0.25) is 0 Å². The zero-order chi connectivity index (χ0) is 12.1. The lowest BCUT2D eigenvalue weighted by molar-refractivity contribution is 0.0796. The monoisotopic (exact) mass is 396 g/mol. The largest absolute Gasteiger partial charge is 0.340 e. The molecule has 3 nitrogen and oxygen atoms in total. The van der Waals surface area contributed by atoms with Gasteiger partial charge in [-0.2, -0.15) is 0 Å². The van der Waals surface area contributed by atoms with Crippen LogP contribution in [-0.2, 0) is 0 Å². The average Bonchev–Trinajstić information content (AvgIpc) is 2.28. The number of halogens is 2. The van der Waals surface area contributed by atoms with Gasteiger partial charge >= 0.3 is 0 Å². The number of nitrogens with zero attached hydrogens (tertiary/aromatic N) is 1. The summed E-state index contributed by atoms with van der Waals surface area (Å²) in [4.78, 5) is 13.8. The molecule has 0 unspecified atom stereocenters. The lowest BCUT2D eigenvalue weighted by Crippen LogP contribution is -2.33. The van der Waals surface area contributed by atoms with Crippen LogP contribution in [0.2, 0.25) is 0 Å². The summed E-state index contributed by atoms with van der Waals surface area (Å²) in [5, 5.41) is 3.02. The van der Waals surface area contributed by atoms with Crippen LogP contribution in [0.4, 0.5) is 0 Å². The highest BCUT2D eigenvalue weighted by Gasteiger charge is 2.14. The van der Waals surface area contributed by atoms with Gasteiger partial charge in [0.1, 0.15) is 0 Å². The van der Waals surface area contributed by atoms with Gasteiger partial charge in [-0.1, -0.05) is 0 Å². The first-order valence-corrected chi connectivity index (χ1v) is 6.78. The number of nitrogens with one attached hydrogen (secondary N) is 1. The molecule has 1 N–H and O–H groups in total. The van der Waals surface area contributed by atoms with Gasteiger partial charge in [-0.25, -0.2) is 0 Å². The summed E-state index contributed by atoms with van der Waals surface area (Å²) < 4.78 is 1.90. The van der Waals surface area contributed by atoms with Crippen molar-refractivity contribution in [3.05, 3.63) is 31.8 Å². The summed E-state index contributed by atoms with van der Waals surface area (Å²) in [6.45, 7) is 1.50. The van der Waals surface area contributed by atoms with Crippen molar-refractivity contribution >= 4 is 44.4 Å². The molecule has 0 radical (unpaired) electrons. The zero-order valence-corrected chi connectivity index (χ0v) is 13.0. The molecule has 0 saturated carbocycles. The average molecular weight is 397 g/mol. The normalized spacial score (nSPS) is 10.2. The van der Waals surface area contributed by atoms with Crippen LogP contribution in [0.1, 0.15) is 10.4 Å². The Balaban J connectivity index is 2.83. The Bertz CT molecular complexity index is 384. The second kappa shape index (κ2) is 6.56. The van der Waals surface area contributed by atoms with Crippen LogP contribution in [-0.4, -0.2) is 38.0 Å². The molecule has 16 heavy (non-hydrogen) atoms. The second-order valence-corrected chi connectivity index (χ2v) is 5.55. The van der Waals surface area contributed by atoms with Crippen LogP contribution < -0.4 is 5.32 Å². The summed E-state index contributed by atoms with van der Waals surface area (Å²) in [5.74, 6) is 0.0423. The Labute approximate surface area is 118 Å². The fraction of sp³-hybridized carbons (Fsp3) is 0.364. The molecule has 0 saturated heterocycles. The van der Waals surface area contributed by atoms with E-state index in [-0.39, 0.29) is 5.91 Å². The molecular formula is C11H14BrIN2O. The molecule has 88 valence electrons. The number of carbonyl (C=O) groups excluding carboxylic acids is 1. The zero-order valence-electron chi connectivity index (χ0n) is 9.26. The smallest absolute Gasteiger partial charge is 0.254 e. The molecule has 1 aromatic rings. The molecular weight excluding hydrogens is 383 g/mol. The van der Waals surface area contributed by atoms with E-state index >= 15 is 0 Å². The maximum Gasteiger partial charge on any atom is 0.254 e. The van der Waals surface area contributed by atoms with E-state index in [2.05, 4.69) is 43.8 Å². The third kappa shape index (κ3) is 3.71. The Morgan fingerprint density at radius 2 is 2.25 bits per heavy atom. The highest BCUT2D eigenvalue weighted by molar-refractivity contribution is 14.1. The van der Waals surface area contributed by atoms with E-state index in [1.54, 1.807) is 4.90 Å². The fourth-order valence-electron chi connectivity index (χ4n) is 1.25. The van der Waals surface area contributed by atoms with Gasteiger partial charge in [0.05, 0.1) is 5.56 Å². The first-order valence-electron chi connectivity index (χ1n) is 4.91. The van der Waals surface area contributed by atoms with Crippen molar-refractivity contribution in [2.24, 2.45) is 0 Å². The van der Waals surface area contributed by atoms with Crippen molar-refractivity contribution in [1.29, 1.82) is 0 Å². The number of rotatable bonds is 4. The third-order valence-electron chi connectivity index (χ3n) is 2.20. The number of benzene rings is 1. The van der Waals surface area contributed by atoms with Gasteiger partial charge < -0.3 is 10.2 Å². The molecule has 0 aliphatic carbocycles. The van der Waals surface area contributed by atoms with E-state index in [4.69, 9.17) is 0 Å². The molecule has 0 aliphatic heterocycles. The van der Waals surface area contributed by atoms with Crippen LogP contribution >= 0.6 is 38.5 Å². The number of amides is 1. The van der Waals surface area contributed by atoms with Gasteiger partial charge in [-0.15, -0.1) is 0 Å². The van der Waals surface area contributed by atoms with Gasteiger partial charge in [-0.3, -0.25) is 4.79 Å². The van der Waals surface area contributed by atoms with Crippen molar-refractivity contribution in [3.63, 3.8) is 0 Å². The minimum absolute atomic E-state index is 0.0423. The molecule has 0 bridgehead atoms. The van der Waals surface area contributed by atoms with Gasteiger partial charge in [0, 0.05) is 28.2 Å². The molecule has 1 rings (SSSR count). The molecule has 0 spiro atoms. The van der Waals surface area contributed by atoms with E-state index in [9.17, 15) is 4.79 Å². The van der Waals surface area contributed by atoms with Crippen molar-refractivity contribution < 1.29 is 4.79 Å². The van der Waals surface area contributed by atoms with Gasteiger partial charge in [-0.05, 0) is 63.8 Å².